The van der Waals surface area contributed by atoms with Crippen molar-refractivity contribution in [3.8, 4) is 0 Å². The molecule has 2 fully saturated rings. The van der Waals surface area contributed by atoms with E-state index in [1.807, 2.05) is 0 Å². The maximum absolute atomic E-state index is 3.73. The number of nitrogens with one attached hydrogen (secondary N) is 2. The van der Waals surface area contributed by atoms with Gasteiger partial charge in [0.25, 0.3) is 0 Å². The lowest BCUT2D eigenvalue weighted by Gasteiger charge is -2.34. The summed E-state index contributed by atoms with van der Waals surface area (Å²) >= 11 is 0. The summed E-state index contributed by atoms with van der Waals surface area (Å²) < 4.78 is 0. The minimum Gasteiger partial charge on any atom is -0.299 e. The molecule has 0 spiro atoms. The van der Waals surface area contributed by atoms with Gasteiger partial charge in [-0.2, -0.15) is 0 Å². The second-order valence-electron chi connectivity index (χ2n) is 5.26. The van der Waals surface area contributed by atoms with Gasteiger partial charge in [-0.25, -0.2) is 0 Å². The van der Waals surface area contributed by atoms with Crippen LogP contribution in [0.25, 0.3) is 0 Å². The van der Waals surface area contributed by atoms with Crippen molar-refractivity contribution >= 4 is 0 Å². The summed E-state index contributed by atoms with van der Waals surface area (Å²) in [6, 6.07) is 10.7. The highest BCUT2D eigenvalue weighted by atomic mass is 15.2. The number of hydrogen-bond donors (Lipinski definition) is 2. The summed E-state index contributed by atoms with van der Waals surface area (Å²) in [7, 11) is 0. The first-order valence-electron chi connectivity index (χ1n) is 6.40. The third-order valence-corrected chi connectivity index (χ3v) is 4.06. The number of rotatable bonds is 3. The third-order valence-electron chi connectivity index (χ3n) is 4.06. The summed E-state index contributed by atoms with van der Waals surface area (Å²) in [5.41, 5.74) is 1.63. The molecule has 0 amide bonds. The highest BCUT2D eigenvalue weighted by Gasteiger charge is 2.40. The minimum atomic E-state index is 0.249. The Labute approximate surface area is 97.4 Å². The molecule has 1 aliphatic heterocycles. The van der Waals surface area contributed by atoms with Gasteiger partial charge in [-0.1, -0.05) is 30.3 Å². The van der Waals surface area contributed by atoms with E-state index in [9.17, 15) is 0 Å². The summed E-state index contributed by atoms with van der Waals surface area (Å²) in [5.74, 6) is 0.914. The minimum absolute atomic E-state index is 0.249. The Morgan fingerprint density at radius 2 is 2.19 bits per heavy atom. The van der Waals surface area contributed by atoms with Crippen LogP contribution in [-0.2, 0) is 6.54 Å². The fourth-order valence-corrected chi connectivity index (χ4v) is 3.15. The Morgan fingerprint density at radius 3 is 3.06 bits per heavy atom. The van der Waals surface area contributed by atoms with Crippen LogP contribution >= 0.6 is 0 Å². The molecule has 1 aromatic carbocycles. The van der Waals surface area contributed by atoms with E-state index in [2.05, 4.69) is 41.0 Å². The van der Waals surface area contributed by atoms with Crippen molar-refractivity contribution in [3.63, 3.8) is 0 Å². The summed E-state index contributed by atoms with van der Waals surface area (Å²) in [6.45, 7) is 2.20. The van der Waals surface area contributed by atoms with Gasteiger partial charge in [0.15, 0.2) is 0 Å². The highest BCUT2D eigenvalue weighted by Crippen LogP contribution is 2.35. The molecule has 0 aromatic heterocycles. The summed E-state index contributed by atoms with van der Waals surface area (Å²) in [6.07, 6.45) is 5.40. The monoisotopic (exact) mass is 216 g/mol. The maximum atomic E-state index is 3.73. The summed E-state index contributed by atoms with van der Waals surface area (Å²) in [4.78, 5) is 0. The zero-order valence-electron chi connectivity index (χ0n) is 9.71. The van der Waals surface area contributed by atoms with E-state index in [1.54, 1.807) is 0 Å². The van der Waals surface area contributed by atoms with E-state index < -0.39 is 0 Å². The van der Waals surface area contributed by atoms with Crippen LogP contribution in [0.3, 0.4) is 0 Å². The van der Waals surface area contributed by atoms with Crippen molar-refractivity contribution < 1.29 is 0 Å². The predicted octanol–water partition coefficient (Wildman–Crippen LogP) is 2.27. The van der Waals surface area contributed by atoms with Crippen molar-refractivity contribution in [1.82, 2.24) is 10.6 Å². The Balaban J connectivity index is 1.63. The van der Waals surface area contributed by atoms with Crippen LogP contribution in [0, 0.1) is 5.92 Å². The van der Waals surface area contributed by atoms with E-state index in [0.29, 0.717) is 0 Å². The van der Waals surface area contributed by atoms with Crippen molar-refractivity contribution in [2.75, 3.05) is 6.54 Å². The first kappa shape index (κ1) is 10.3. The molecule has 1 heterocycles. The van der Waals surface area contributed by atoms with Gasteiger partial charge in [0.1, 0.15) is 0 Å². The van der Waals surface area contributed by atoms with E-state index in [1.165, 1.54) is 37.8 Å². The third kappa shape index (κ3) is 2.00. The molecule has 2 nitrogen and oxygen atoms in total. The molecule has 2 aliphatic rings. The average molecular weight is 216 g/mol. The largest absolute Gasteiger partial charge is 0.299 e. The van der Waals surface area contributed by atoms with Crippen LogP contribution in [0.1, 0.15) is 31.2 Å². The second kappa shape index (κ2) is 4.19. The lowest BCUT2D eigenvalue weighted by molar-refractivity contribution is 0.225. The average Bonchev–Trinajstić information content (AvgIpc) is 2.64. The van der Waals surface area contributed by atoms with Gasteiger partial charge < -0.3 is 0 Å². The normalized spacial score (nSPS) is 32.9. The molecule has 1 aliphatic carbocycles. The van der Waals surface area contributed by atoms with Gasteiger partial charge in [0, 0.05) is 6.54 Å². The molecule has 1 saturated heterocycles. The first-order chi connectivity index (χ1) is 7.86. The van der Waals surface area contributed by atoms with Crippen LogP contribution in [0.2, 0.25) is 0 Å². The van der Waals surface area contributed by atoms with Crippen molar-refractivity contribution in [3.05, 3.63) is 35.9 Å². The maximum Gasteiger partial charge on any atom is 0.0693 e. The molecule has 86 valence electrons. The zero-order valence-corrected chi connectivity index (χ0v) is 9.71. The predicted molar refractivity (Wildman–Crippen MR) is 66.0 cm³/mol. The summed E-state index contributed by atoms with van der Waals surface area (Å²) in [5, 5.41) is 7.42. The Bertz CT molecular complexity index is 345. The fourth-order valence-electron chi connectivity index (χ4n) is 3.15. The van der Waals surface area contributed by atoms with Gasteiger partial charge in [0.2, 0.25) is 0 Å². The molecule has 1 aromatic rings. The molecular weight excluding hydrogens is 196 g/mol. The van der Waals surface area contributed by atoms with Crippen LogP contribution in [0.15, 0.2) is 30.3 Å². The standard InChI is InChI=1S/C14H20N2/c1-2-5-12(6-3-1)10-15-14-8-4-7-13(9-14)11-16-14/h1-3,5-6,13,15-16H,4,7-11H2. The van der Waals surface area contributed by atoms with Gasteiger partial charge in [-0.05, 0) is 43.7 Å². The number of hydrogen-bond acceptors (Lipinski definition) is 2. The fraction of sp³-hybridized carbons (Fsp3) is 0.571. The Kier molecular flexibility index (Phi) is 2.70. The lowest BCUT2D eigenvalue weighted by atomic mass is 9.86. The molecule has 2 bridgehead atoms. The Morgan fingerprint density at radius 1 is 1.31 bits per heavy atom. The number of fused-ring (bicyclic) bond motifs is 2. The van der Waals surface area contributed by atoms with Gasteiger partial charge in [-0.15, -0.1) is 0 Å². The molecule has 2 heteroatoms. The molecular formula is C14H20N2. The van der Waals surface area contributed by atoms with Crippen LogP contribution in [0.4, 0.5) is 0 Å². The molecule has 16 heavy (non-hydrogen) atoms. The SMILES string of the molecule is c1ccc(CNC23CCCC(CN2)C3)cc1. The topological polar surface area (TPSA) is 24.1 Å². The Hall–Kier alpha value is -0.860. The number of benzene rings is 1. The highest BCUT2D eigenvalue weighted by molar-refractivity contribution is 5.15. The molecule has 0 radical (unpaired) electrons. The molecule has 1 saturated carbocycles. The quantitative estimate of drug-likeness (QED) is 0.810. The van der Waals surface area contributed by atoms with E-state index in [4.69, 9.17) is 0 Å². The van der Waals surface area contributed by atoms with E-state index in [-0.39, 0.29) is 5.66 Å². The van der Waals surface area contributed by atoms with Crippen LogP contribution in [-0.4, -0.2) is 12.2 Å². The van der Waals surface area contributed by atoms with E-state index in [0.717, 1.165) is 12.5 Å². The van der Waals surface area contributed by atoms with Crippen molar-refractivity contribution in [2.45, 2.75) is 37.9 Å². The second-order valence-corrected chi connectivity index (χ2v) is 5.26. The van der Waals surface area contributed by atoms with Crippen molar-refractivity contribution in [2.24, 2.45) is 5.92 Å². The van der Waals surface area contributed by atoms with Crippen LogP contribution < -0.4 is 10.6 Å². The molecule has 3 rings (SSSR count). The van der Waals surface area contributed by atoms with E-state index >= 15 is 0 Å². The van der Waals surface area contributed by atoms with Gasteiger partial charge in [-0.3, -0.25) is 10.6 Å². The van der Waals surface area contributed by atoms with Gasteiger partial charge >= 0.3 is 0 Å². The van der Waals surface area contributed by atoms with Crippen molar-refractivity contribution in [1.29, 1.82) is 0 Å². The molecule has 2 atom stereocenters. The molecule has 2 unspecified atom stereocenters. The smallest absolute Gasteiger partial charge is 0.0693 e. The zero-order chi connectivity index (χ0) is 10.8. The van der Waals surface area contributed by atoms with Crippen LogP contribution in [0.5, 0.6) is 0 Å². The lowest BCUT2D eigenvalue weighted by Crippen LogP contribution is -2.52. The van der Waals surface area contributed by atoms with Gasteiger partial charge in [0.05, 0.1) is 5.66 Å². The first-order valence-corrected chi connectivity index (χ1v) is 6.40. The molecule has 2 N–H and O–H groups in total.